The van der Waals surface area contributed by atoms with Crippen LogP contribution in [0.5, 0.6) is 0 Å². The molecule has 3 heteroatoms. The van der Waals surface area contributed by atoms with Crippen molar-refractivity contribution in [1.29, 1.82) is 0 Å². The van der Waals surface area contributed by atoms with Gasteiger partial charge in [0.1, 0.15) is 0 Å². The summed E-state index contributed by atoms with van der Waals surface area (Å²) >= 11 is 2.21. The van der Waals surface area contributed by atoms with E-state index in [0.717, 1.165) is 15.6 Å². The standard InChI is InChI=1S/C9H9IO2/c1-2-6-5-7(9(11)12)3-4-8(6)10/h3-5H,2H2,1H3,(H,11,12). The summed E-state index contributed by atoms with van der Waals surface area (Å²) in [6, 6.07) is 5.19. The van der Waals surface area contributed by atoms with Crippen molar-refractivity contribution < 1.29 is 9.90 Å². The molecule has 0 amide bonds. The highest BCUT2D eigenvalue weighted by atomic mass is 127. The van der Waals surface area contributed by atoms with Gasteiger partial charge in [-0.25, -0.2) is 4.79 Å². The molecule has 0 spiro atoms. The van der Waals surface area contributed by atoms with Gasteiger partial charge in [0.05, 0.1) is 5.56 Å². The molecule has 1 N–H and O–H groups in total. The number of aryl methyl sites for hydroxylation is 1. The van der Waals surface area contributed by atoms with Crippen molar-refractivity contribution in [2.24, 2.45) is 0 Å². The van der Waals surface area contributed by atoms with Crippen molar-refractivity contribution in [1.82, 2.24) is 0 Å². The summed E-state index contributed by atoms with van der Waals surface area (Å²) in [5, 5.41) is 8.69. The van der Waals surface area contributed by atoms with Crippen molar-refractivity contribution in [3.8, 4) is 0 Å². The van der Waals surface area contributed by atoms with Gasteiger partial charge in [-0.15, -0.1) is 0 Å². The maximum absolute atomic E-state index is 10.6. The zero-order valence-electron chi connectivity index (χ0n) is 6.67. The molecule has 1 aromatic rings. The molecule has 0 unspecified atom stereocenters. The van der Waals surface area contributed by atoms with Crippen LogP contribution >= 0.6 is 22.6 Å². The van der Waals surface area contributed by atoms with Crippen molar-refractivity contribution in [2.45, 2.75) is 13.3 Å². The lowest BCUT2D eigenvalue weighted by Gasteiger charge is -2.01. The summed E-state index contributed by atoms with van der Waals surface area (Å²) in [6.45, 7) is 2.02. The summed E-state index contributed by atoms with van der Waals surface area (Å²) in [5.74, 6) is -0.860. The molecule has 0 aliphatic rings. The number of hydrogen-bond acceptors (Lipinski definition) is 1. The summed E-state index contributed by atoms with van der Waals surface area (Å²) in [7, 11) is 0. The first-order chi connectivity index (χ1) is 5.65. The first kappa shape index (κ1) is 9.51. The first-order valence-corrected chi connectivity index (χ1v) is 4.74. The largest absolute Gasteiger partial charge is 0.478 e. The second kappa shape index (κ2) is 3.89. The summed E-state index contributed by atoms with van der Waals surface area (Å²) in [6.07, 6.45) is 0.874. The highest BCUT2D eigenvalue weighted by Crippen LogP contribution is 2.14. The van der Waals surface area contributed by atoms with Crippen molar-refractivity contribution in [3.05, 3.63) is 32.9 Å². The minimum Gasteiger partial charge on any atom is -0.478 e. The molecule has 0 aromatic heterocycles. The van der Waals surface area contributed by atoms with Gasteiger partial charge in [0, 0.05) is 3.57 Å². The molecule has 1 rings (SSSR count). The average Bonchev–Trinajstić information content (AvgIpc) is 2.05. The summed E-state index contributed by atoms with van der Waals surface area (Å²) in [4.78, 5) is 10.6. The van der Waals surface area contributed by atoms with Gasteiger partial charge in [-0.1, -0.05) is 6.92 Å². The maximum atomic E-state index is 10.6. The van der Waals surface area contributed by atoms with E-state index >= 15 is 0 Å². The Morgan fingerprint density at radius 2 is 2.25 bits per heavy atom. The van der Waals surface area contributed by atoms with Gasteiger partial charge in [-0.3, -0.25) is 0 Å². The van der Waals surface area contributed by atoms with Gasteiger partial charge in [0.25, 0.3) is 0 Å². The third-order valence-corrected chi connectivity index (χ3v) is 2.73. The molecule has 2 nitrogen and oxygen atoms in total. The maximum Gasteiger partial charge on any atom is 0.335 e. The molecular weight excluding hydrogens is 267 g/mol. The van der Waals surface area contributed by atoms with Crippen molar-refractivity contribution in [2.75, 3.05) is 0 Å². The normalized spacial score (nSPS) is 9.83. The number of benzene rings is 1. The van der Waals surface area contributed by atoms with E-state index in [1.165, 1.54) is 0 Å². The number of aromatic carboxylic acids is 1. The Balaban J connectivity index is 3.13. The van der Waals surface area contributed by atoms with Crippen LogP contribution in [0.1, 0.15) is 22.8 Å². The van der Waals surface area contributed by atoms with E-state index in [0.29, 0.717) is 5.56 Å². The van der Waals surface area contributed by atoms with E-state index < -0.39 is 5.97 Å². The molecule has 1 aromatic carbocycles. The molecule has 0 atom stereocenters. The Bertz CT molecular complexity index is 307. The fraction of sp³-hybridized carbons (Fsp3) is 0.222. The first-order valence-electron chi connectivity index (χ1n) is 3.67. The van der Waals surface area contributed by atoms with E-state index in [-0.39, 0.29) is 0 Å². The molecule has 0 saturated carbocycles. The third kappa shape index (κ3) is 1.97. The second-order valence-electron chi connectivity index (χ2n) is 2.46. The Kier molecular flexibility index (Phi) is 3.08. The number of halogens is 1. The van der Waals surface area contributed by atoms with E-state index in [1.54, 1.807) is 12.1 Å². The van der Waals surface area contributed by atoms with Crippen LogP contribution in [0.25, 0.3) is 0 Å². The van der Waals surface area contributed by atoms with Crippen molar-refractivity contribution in [3.63, 3.8) is 0 Å². The lowest BCUT2D eigenvalue weighted by Crippen LogP contribution is -1.98. The monoisotopic (exact) mass is 276 g/mol. The highest BCUT2D eigenvalue weighted by molar-refractivity contribution is 14.1. The Hall–Kier alpha value is -0.580. The molecule has 0 aliphatic carbocycles. The van der Waals surface area contributed by atoms with Crippen LogP contribution in [0.4, 0.5) is 0 Å². The van der Waals surface area contributed by atoms with Crippen LogP contribution in [0.3, 0.4) is 0 Å². The van der Waals surface area contributed by atoms with Crippen LogP contribution in [0.15, 0.2) is 18.2 Å². The molecule has 12 heavy (non-hydrogen) atoms. The van der Waals surface area contributed by atoms with E-state index in [2.05, 4.69) is 22.6 Å². The van der Waals surface area contributed by atoms with Crippen LogP contribution in [0.2, 0.25) is 0 Å². The lowest BCUT2D eigenvalue weighted by molar-refractivity contribution is 0.0697. The fourth-order valence-corrected chi connectivity index (χ4v) is 1.70. The summed E-state index contributed by atoms with van der Waals surface area (Å²) < 4.78 is 1.13. The molecule has 0 bridgehead atoms. The average molecular weight is 276 g/mol. The molecule has 0 aliphatic heterocycles. The zero-order chi connectivity index (χ0) is 9.14. The van der Waals surface area contributed by atoms with E-state index in [1.807, 2.05) is 13.0 Å². The van der Waals surface area contributed by atoms with Crippen LogP contribution in [-0.4, -0.2) is 11.1 Å². The van der Waals surface area contributed by atoms with E-state index in [9.17, 15) is 4.79 Å². The van der Waals surface area contributed by atoms with Crippen molar-refractivity contribution >= 4 is 28.6 Å². The van der Waals surface area contributed by atoms with Crippen LogP contribution < -0.4 is 0 Å². The number of carboxylic acids is 1. The number of hydrogen-bond donors (Lipinski definition) is 1. The SMILES string of the molecule is CCc1cc(C(=O)O)ccc1I. The summed E-state index contributed by atoms with van der Waals surface area (Å²) in [5.41, 5.74) is 1.46. The fourth-order valence-electron chi connectivity index (χ4n) is 0.979. The predicted octanol–water partition coefficient (Wildman–Crippen LogP) is 2.55. The molecule has 0 heterocycles. The van der Waals surface area contributed by atoms with Gasteiger partial charge in [0.2, 0.25) is 0 Å². The van der Waals surface area contributed by atoms with Gasteiger partial charge in [-0.2, -0.15) is 0 Å². The van der Waals surface area contributed by atoms with Gasteiger partial charge < -0.3 is 5.11 Å². The zero-order valence-corrected chi connectivity index (χ0v) is 8.83. The van der Waals surface area contributed by atoms with Crippen LogP contribution in [0, 0.1) is 3.57 Å². The Morgan fingerprint density at radius 3 is 2.75 bits per heavy atom. The predicted molar refractivity (Wildman–Crippen MR) is 55.5 cm³/mol. The number of carbonyl (C=O) groups is 1. The number of carboxylic acid groups (broad SMARTS) is 1. The molecular formula is C9H9IO2. The quantitative estimate of drug-likeness (QED) is 0.843. The minimum atomic E-state index is -0.860. The smallest absolute Gasteiger partial charge is 0.335 e. The topological polar surface area (TPSA) is 37.3 Å². The molecule has 0 fully saturated rings. The minimum absolute atomic E-state index is 0.368. The number of rotatable bonds is 2. The highest BCUT2D eigenvalue weighted by Gasteiger charge is 2.04. The lowest BCUT2D eigenvalue weighted by atomic mass is 10.1. The van der Waals surface area contributed by atoms with E-state index in [4.69, 9.17) is 5.11 Å². The molecule has 0 saturated heterocycles. The van der Waals surface area contributed by atoms with Gasteiger partial charge in [-0.05, 0) is 52.8 Å². The third-order valence-electron chi connectivity index (χ3n) is 1.67. The second-order valence-corrected chi connectivity index (χ2v) is 3.63. The van der Waals surface area contributed by atoms with Gasteiger partial charge in [0.15, 0.2) is 0 Å². The Morgan fingerprint density at radius 1 is 1.58 bits per heavy atom. The Labute approximate surface area is 84.7 Å². The molecule has 0 radical (unpaired) electrons. The molecule has 64 valence electrons. The van der Waals surface area contributed by atoms with Gasteiger partial charge >= 0.3 is 5.97 Å². The van der Waals surface area contributed by atoms with Crippen LogP contribution in [-0.2, 0) is 6.42 Å².